The lowest BCUT2D eigenvalue weighted by Crippen LogP contribution is -2.27. The van der Waals surface area contributed by atoms with Gasteiger partial charge in [-0.2, -0.15) is 0 Å². The molecule has 1 saturated heterocycles. The Hall–Kier alpha value is -0.830. The Labute approximate surface area is 90.4 Å². The van der Waals surface area contributed by atoms with Crippen molar-refractivity contribution >= 4 is 5.97 Å². The Morgan fingerprint density at radius 2 is 2.20 bits per heavy atom. The molecule has 1 heterocycles. The third-order valence-corrected chi connectivity index (χ3v) is 3.04. The molecular formula is C12H18O3. The van der Waals surface area contributed by atoms with Crippen LogP contribution in [0.2, 0.25) is 0 Å². The molecule has 3 nitrogen and oxygen atoms in total. The molecule has 3 heteroatoms. The fourth-order valence-corrected chi connectivity index (χ4v) is 2.59. The normalized spacial score (nSPS) is 37.4. The lowest BCUT2D eigenvalue weighted by molar-refractivity contribution is -0.145. The molecule has 0 radical (unpaired) electrons. The van der Waals surface area contributed by atoms with Crippen LogP contribution in [-0.4, -0.2) is 23.8 Å². The number of hydrogen-bond donors (Lipinski definition) is 0. The van der Waals surface area contributed by atoms with Gasteiger partial charge in [0.15, 0.2) is 0 Å². The van der Waals surface area contributed by atoms with Gasteiger partial charge in [0.25, 0.3) is 0 Å². The summed E-state index contributed by atoms with van der Waals surface area (Å²) < 4.78 is 11.1. The molecule has 2 aliphatic rings. The average Bonchev–Trinajstić information content (AvgIpc) is 2.36. The van der Waals surface area contributed by atoms with Gasteiger partial charge < -0.3 is 9.47 Å². The van der Waals surface area contributed by atoms with Crippen molar-refractivity contribution < 1.29 is 14.3 Å². The van der Waals surface area contributed by atoms with E-state index < -0.39 is 0 Å². The minimum atomic E-state index is -0.207. The molecule has 2 rings (SSSR count). The molecule has 1 aliphatic carbocycles. The zero-order valence-electron chi connectivity index (χ0n) is 9.53. The monoisotopic (exact) mass is 210 g/mol. The van der Waals surface area contributed by atoms with E-state index in [1.54, 1.807) is 0 Å². The molecule has 0 unspecified atom stereocenters. The van der Waals surface area contributed by atoms with Gasteiger partial charge in [0.2, 0.25) is 0 Å². The first-order valence-electron chi connectivity index (χ1n) is 5.50. The third-order valence-electron chi connectivity index (χ3n) is 3.04. The zero-order valence-corrected chi connectivity index (χ0v) is 9.53. The van der Waals surface area contributed by atoms with Gasteiger partial charge in [0, 0.05) is 6.92 Å². The van der Waals surface area contributed by atoms with Crippen LogP contribution < -0.4 is 0 Å². The van der Waals surface area contributed by atoms with E-state index >= 15 is 0 Å². The minimum Gasteiger partial charge on any atom is -0.458 e. The molecule has 0 amide bonds. The summed E-state index contributed by atoms with van der Waals surface area (Å²) in [6, 6.07) is 0. The van der Waals surface area contributed by atoms with Crippen LogP contribution in [0.4, 0.5) is 0 Å². The Balaban J connectivity index is 2.00. The smallest absolute Gasteiger partial charge is 0.303 e. The van der Waals surface area contributed by atoms with Gasteiger partial charge in [-0.3, -0.25) is 4.79 Å². The highest BCUT2D eigenvalue weighted by Crippen LogP contribution is 2.40. The fourth-order valence-electron chi connectivity index (χ4n) is 2.59. The Morgan fingerprint density at radius 1 is 1.47 bits per heavy atom. The highest BCUT2D eigenvalue weighted by molar-refractivity contribution is 5.66. The van der Waals surface area contributed by atoms with E-state index in [0.717, 1.165) is 12.8 Å². The zero-order chi connectivity index (χ0) is 11.1. The van der Waals surface area contributed by atoms with E-state index in [0.29, 0.717) is 5.92 Å². The Kier molecular flexibility index (Phi) is 2.59. The van der Waals surface area contributed by atoms with Gasteiger partial charge in [-0.05, 0) is 38.7 Å². The van der Waals surface area contributed by atoms with Gasteiger partial charge in [0.1, 0.15) is 6.10 Å². The number of carbonyl (C=O) groups is 1. The number of rotatable bonds is 1. The van der Waals surface area contributed by atoms with E-state index in [4.69, 9.17) is 9.47 Å². The van der Waals surface area contributed by atoms with Crippen molar-refractivity contribution in [2.24, 2.45) is 5.92 Å². The van der Waals surface area contributed by atoms with Crippen LogP contribution in [0.25, 0.3) is 0 Å². The quantitative estimate of drug-likeness (QED) is 0.491. The van der Waals surface area contributed by atoms with Crippen LogP contribution in [0.15, 0.2) is 12.2 Å². The third kappa shape index (κ3) is 2.40. The van der Waals surface area contributed by atoms with Crippen molar-refractivity contribution in [3.05, 3.63) is 12.2 Å². The second-order valence-electron chi connectivity index (χ2n) is 5.07. The molecule has 0 aromatic heterocycles. The van der Waals surface area contributed by atoms with Crippen LogP contribution in [0.3, 0.4) is 0 Å². The second-order valence-corrected chi connectivity index (χ2v) is 5.07. The van der Waals surface area contributed by atoms with E-state index in [2.05, 4.69) is 13.8 Å². The molecule has 1 aliphatic heterocycles. The maximum atomic E-state index is 10.8. The molecule has 0 N–H and O–H groups in total. The highest BCUT2D eigenvalue weighted by Gasteiger charge is 2.41. The summed E-state index contributed by atoms with van der Waals surface area (Å²) in [5.41, 5.74) is -0.0369. The van der Waals surface area contributed by atoms with Gasteiger partial charge in [-0.1, -0.05) is 6.08 Å². The SMILES string of the molecule is CC(=O)O[C@H]1C=C[C@H]2OC(C)(C)C[C@H]2C1. The van der Waals surface area contributed by atoms with Crippen LogP contribution in [0.1, 0.15) is 33.6 Å². The van der Waals surface area contributed by atoms with Crippen LogP contribution in [0, 0.1) is 5.92 Å². The van der Waals surface area contributed by atoms with Crippen molar-refractivity contribution in [1.82, 2.24) is 0 Å². The summed E-state index contributed by atoms with van der Waals surface area (Å²) >= 11 is 0. The summed E-state index contributed by atoms with van der Waals surface area (Å²) in [5.74, 6) is 0.288. The first kappa shape index (κ1) is 10.7. The predicted octanol–water partition coefficient (Wildman–Crippen LogP) is 2.06. The van der Waals surface area contributed by atoms with Crippen molar-refractivity contribution in [2.75, 3.05) is 0 Å². The summed E-state index contributed by atoms with van der Waals surface area (Å²) in [5, 5.41) is 0. The molecule has 0 spiro atoms. The van der Waals surface area contributed by atoms with Gasteiger partial charge in [-0.15, -0.1) is 0 Å². The van der Waals surface area contributed by atoms with Crippen molar-refractivity contribution in [2.45, 2.75) is 51.4 Å². The fraction of sp³-hybridized carbons (Fsp3) is 0.750. The lowest BCUT2D eigenvalue weighted by Gasteiger charge is -2.24. The molecule has 0 bridgehead atoms. The minimum absolute atomic E-state index is 0.0369. The first-order valence-corrected chi connectivity index (χ1v) is 5.50. The highest BCUT2D eigenvalue weighted by atomic mass is 16.5. The lowest BCUT2D eigenvalue weighted by atomic mass is 9.86. The molecule has 84 valence electrons. The van der Waals surface area contributed by atoms with E-state index in [-0.39, 0.29) is 23.8 Å². The Morgan fingerprint density at radius 3 is 2.87 bits per heavy atom. The molecule has 15 heavy (non-hydrogen) atoms. The topological polar surface area (TPSA) is 35.5 Å². The van der Waals surface area contributed by atoms with Crippen LogP contribution in [-0.2, 0) is 14.3 Å². The summed E-state index contributed by atoms with van der Waals surface area (Å²) in [7, 11) is 0. The molecule has 0 aromatic carbocycles. The van der Waals surface area contributed by atoms with Gasteiger partial charge >= 0.3 is 5.97 Å². The summed E-state index contributed by atoms with van der Waals surface area (Å²) in [6.07, 6.45) is 6.08. The second kappa shape index (κ2) is 3.63. The van der Waals surface area contributed by atoms with Crippen molar-refractivity contribution in [3.8, 4) is 0 Å². The Bertz CT molecular complexity index is 293. The first-order chi connectivity index (χ1) is 6.96. The maximum Gasteiger partial charge on any atom is 0.303 e. The molecule has 0 saturated carbocycles. The van der Waals surface area contributed by atoms with E-state index in [1.165, 1.54) is 6.92 Å². The molecule has 1 fully saturated rings. The number of hydrogen-bond acceptors (Lipinski definition) is 3. The molecule has 3 atom stereocenters. The number of fused-ring (bicyclic) bond motifs is 1. The predicted molar refractivity (Wildman–Crippen MR) is 56.4 cm³/mol. The largest absolute Gasteiger partial charge is 0.458 e. The van der Waals surface area contributed by atoms with Gasteiger partial charge in [0.05, 0.1) is 11.7 Å². The van der Waals surface area contributed by atoms with Gasteiger partial charge in [-0.25, -0.2) is 0 Å². The number of ether oxygens (including phenoxy) is 2. The van der Waals surface area contributed by atoms with E-state index in [1.807, 2.05) is 12.2 Å². The molecular weight excluding hydrogens is 192 g/mol. The van der Waals surface area contributed by atoms with Crippen LogP contribution in [0.5, 0.6) is 0 Å². The van der Waals surface area contributed by atoms with Crippen molar-refractivity contribution in [3.63, 3.8) is 0 Å². The molecule has 0 aromatic rings. The van der Waals surface area contributed by atoms with Crippen molar-refractivity contribution in [1.29, 1.82) is 0 Å². The van der Waals surface area contributed by atoms with Crippen LogP contribution >= 0.6 is 0 Å². The summed E-state index contributed by atoms with van der Waals surface area (Å²) in [4.78, 5) is 10.8. The van der Waals surface area contributed by atoms with E-state index in [9.17, 15) is 4.79 Å². The number of esters is 1. The average molecular weight is 210 g/mol. The summed E-state index contributed by atoms with van der Waals surface area (Å²) in [6.45, 7) is 5.68. The number of carbonyl (C=O) groups excluding carboxylic acids is 1. The maximum absolute atomic E-state index is 10.8. The standard InChI is InChI=1S/C12H18O3/c1-8(13)14-10-4-5-11-9(6-10)7-12(2,3)15-11/h4-5,9-11H,6-7H2,1-3H3/t9-,10+,11-/m1/s1.